The van der Waals surface area contributed by atoms with Gasteiger partial charge >= 0.3 is 0 Å². The highest BCUT2D eigenvalue weighted by Crippen LogP contribution is 2.35. The Hall–Kier alpha value is -2.18. The second kappa shape index (κ2) is 5.97. The maximum atomic E-state index is 13.4. The fourth-order valence-electron chi connectivity index (χ4n) is 3.56. The van der Waals surface area contributed by atoms with Crippen LogP contribution in [0.4, 0.5) is 4.39 Å². The Morgan fingerprint density at radius 2 is 2.00 bits per heavy atom. The number of aromatic nitrogens is 1. The van der Waals surface area contributed by atoms with Crippen LogP contribution in [-0.2, 0) is 10.0 Å². The van der Waals surface area contributed by atoms with E-state index in [1.54, 1.807) is 6.92 Å². The molecule has 2 heterocycles. The van der Waals surface area contributed by atoms with Gasteiger partial charge < -0.3 is 4.98 Å². The van der Waals surface area contributed by atoms with Gasteiger partial charge in [-0.25, -0.2) is 12.8 Å². The SMILES string of the molecule is Cc1cc(S(=O)(=O)N2CCC(c3c[nH]c4ccccc34)C2)ccc1F. The molecule has 25 heavy (non-hydrogen) atoms. The molecule has 1 atom stereocenters. The van der Waals surface area contributed by atoms with Gasteiger partial charge in [0.1, 0.15) is 5.82 Å². The van der Waals surface area contributed by atoms with Gasteiger partial charge in [0.25, 0.3) is 0 Å². The maximum Gasteiger partial charge on any atom is 0.243 e. The van der Waals surface area contributed by atoms with Gasteiger partial charge in [-0.15, -0.1) is 0 Å². The summed E-state index contributed by atoms with van der Waals surface area (Å²) >= 11 is 0. The van der Waals surface area contributed by atoms with Crippen molar-refractivity contribution in [3.8, 4) is 0 Å². The van der Waals surface area contributed by atoms with E-state index in [4.69, 9.17) is 0 Å². The third-order valence-electron chi connectivity index (χ3n) is 4.98. The number of halogens is 1. The van der Waals surface area contributed by atoms with E-state index in [0.717, 1.165) is 22.9 Å². The highest BCUT2D eigenvalue weighted by Gasteiger charge is 2.34. The molecule has 0 radical (unpaired) electrons. The van der Waals surface area contributed by atoms with Crippen molar-refractivity contribution in [2.24, 2.45) is 0 Å². The first-order valence-electron chi connectivity index (χ1n) is 8.29. The molecule has 130 valence electrons. The summed E-state index contributed by atoms with van der Waals surface area (Å²) in [7, 11) is -3.60. The molecule has 6 heteroatoms. The summed E-state index contributed by atoms with van der Waals surface area (Å²) in [6.07, 6.45) is 2.76. The van der Waals surface area contributed by atoms with E-state index in [1.165, 1.54) is 22.5 Å². The summed E-state index contributed by atoms with van der Waals surface area (Å²) < 4.78 is 40.7. The van der Waals surface area contributed by atoms with Gasteiger partial charge in [0.05, 0.1) is 4.90 Å². The van der Waals surface area contributed by atoms with E-state index in [1.807, 2.05) is 24.4 Å². The number of rotatable bonds is 3. The van der Waals surface area contributed by atoms with Crippen molar-refractivity contribution >= 4 is 20.9 Å². The molecule has 1 unspecified atom stereocenters. The predicted octanol–water partition coefficient (Wildman–Crippen LogP) is 3.79. The molecule has 1 N–H and O–H groups in total. The molecule has 1 aromatic heterocycles. The summed E-state index contributed by atoms with van der Waals surface area (Å²) in [5.41, 5.74) is 2.56. The molecular formula is C19H19FN2O2S. The molecular weight excluding hydrogens is 339 g/mol. The maximum absolute atomic E-state index is 13.4. The minimum atomic E-state index is -3.60. The zero-order valence-corrected chi connectivity index (χ0v) is 14.7. The zero-order valence-electron chi connectivity index (χ0n) is 13.9. The molecule has 3 aromatic rings. The van der Waals surface area contributed by atoms with Crippen molar-refractivity contribution in [3.05, 3.63) is 65.6 Å². The molecule has 1 aliphatic rings. The van der Waals surface area contributed by atoms with E-state index in [0.29, 0.717) is 18.7 Å². The fraction of sp³-hybridized carbons (Fsp3) is 0.263. The first kappa shape index (κ1) is 16.3. The van der Waals surface area contributed by atoms with Gasteiger partial charge in [0.15, 0.2) is 0 Å². The van der Waals surface area contributed by atoms with Crippen molar-refractivity contribution in [2.45, 2.75) is 24.2 Å². The molecule has 4 rings (SSSR count). The van der Waals surface area contributed by atoms with E-state index in [2.05, 4.69) is 11.1 Å². The third kappa shape index (κ3) is 2.75. The van der Waals surface area contributed by atoms with Gasteiger partial charge in [-0.05, 0) is 48.7 Å². The van der Waals surface area contributed by atoms with Crippen LogP contribution in [-0.4, -0.2) is 30.8 Å². The highest BCUT2D eigenvalue weighted by molar-refractivity contribution is 7.89. The summed E-state index contributed by atoms with van der Waals surface area (Å²) in [6, 6.07) is 12.0. The standard InChI is InChI=1S/C19H19FN2O2S/c1-13-10-15(6-7-18(13)20)25(23,24)22-9-8-14(12-22)17-11-21-19-5-3-2-4-16(17)19/h2-7,10-11,14,21H,8-9,12H2,1H3. The Labute approximate surface area is 146 Å². The molecule has 1 fully saturated rings. The van der Waals surface area contributed by atoms with Crippen LogP contribution in [0.15, 0.2) is 53.6 Å². The minimum absolute atomic E-state index is 0.158. The van der Waals surface area contributed by atoms with E-state index in [-0.39, 0.29) is 10.8 Å². The number of aryl methyl sites for hydroxylation is 1. The van der Waals surface area contributed by atoms with Gasteiger partial charge in [0.2, 0.25) is 10.0 Å². The van der Waals surface area contributed by atoms with Crippen LogP contribution >= 0.6 is 0 Å². The normalized spacial score (nSPS) is 18.9. The topological polar surface area (TPSA) is 53.2 Å². The molecule has 1 aliphatic heterocycles. The Morgan fingerprint density at radius 1 is 1.20 bits per heavy atom. The van der Waals surface area contributed by atoms with Crippen molar-refractivity contribution in [2.75, 3.05) is 13.1 Å². The molecule has 2 aromatic carbocycles. The lowest BCUT2D eigenvalue weighted by molar-refractivity contribution is 0.472. The van der Waals surface area contributed by atoms with E-state index in [9.17, 15) is 12.8 Å². The summed E-state index contributed by atoms with van der Waals surface area (Å²) in [6.45, 7) is 2.50. The number of benzene rings is 2. The van der Waals surface area contributed by atoms with Crippen molar-refractivity contribution < 1.29 is 12.8 Å². The number of H-pyrrole nitrogens is 1. The van der Waals surface area contributed by atoms with Crippen LogP contribution in [0.25, 0.3) is 10.9 Å². The first-order valence-corrected chi connectivity index (χ1v) is 9.73. The highest BCUT2D eigenvalue weighted by atomic mass is 32.2. The van der Waals surface area contributed by atoms with Crippen LogP contribution in [0.5, 0.6) is 0 Å². The largest absolute Gasteiger partial charge is 0.361 e. The number of hydrogen-bond acceptors (Lipinski definition) is 2. The number of fused-ring (bicyclic) bond motifs is 1. The molecule has 0 amide bonds. The number of hydrogen-bond donors (Lipinski definition) is 1. The third-order valence-corrected chi connectivity index (χ3v) is 6.84. The lowest BCUT2D eigenvalue weighted by atomic mass is 9.98. The molecule has 0 saturated carbocycles. The number of aromatic amines is 1. The van der Waals surface area contributed by atoms with Crippen LogP contribution in [0.2, 0.25) is 0 Å². The average molecular weight is 358 g/mol. The smallest absolute Gasteiger partial charge is 0.243 e. The summed E-state index contributed by atoms with van der Waals surface area (Å²) in [5.74, 6) is -0.232. The number of sulfonamides is 1. The molecule has 0 aliphatic carbocycles. The Kier molecular flexibility index (Phi) is 3.89. The quantitative estimate of drug-likeness (QED) is 0.774. The lowest BCUT2D eigenvalue weighted by Crippen LogP contribution is -2.28. The number of para-hydroxylation sites is 1. The van der Waals surface area contributed by atoms with Crippen LogP contribution in [0.1, 0.15) is 23.5 Å². The summed E-state index contributed by atoms with van der Waals surface area (Å²) in [5, 5.41) is 1.14. The second-order valence-electron chi connectivity index (χ2n) is 6.55. The monoisotopic (exact) mass is 358 g/mol. The second-order valence-corrected chi connectivity index (χ2v) is 8.49. The fourth-order valence-corrected chi connectivity index (χ4v) is 5.14. The van der Waals surface area contributed by atoms with Crippen molar-refractivity contribution in [3.63, 3.8) is 0 Å². The van der Waals surface area contributed by atoms with Gasteiger partial charge in [0, 0.05) is 36.1 Å². The molecule has 4 nitrogen and oxygen atoms in total. The van der Waals surface area contributed by atoms with Crippen molar-refractivity contribution in [1.82, 2.24) is 9.29 Å². The Balaban J connectivity index is 1.62. The first-order chi connectivity index (χ1) is 12.0. The number of nitrogens with one attached hydrogen (secondary N) is 1. The number of nitrogens with zero attached hydrogens (tertiary/aromatic N) is 1. The van der Waals surface area contributed by atoms with Crippen molar-refractivity contribution in [1.29, 1.82) is 0 Å². The van der Waals surface area contributed by atoms with E-state index >= 15 is 0 Å². The molecule has 0 bridgehead atoms. The van der Waals surface area contributed by atoms with Gasteiger partial charge in [-0.2, -0.15) is 4.31 Å². The molecule has 0 spiro atoms. The summed E-state index contributed by atoms with van der Waals surface area (Å²) in [4.78, 5) is 3.41. The van der Waals surface area contributed by atoms with Gasteiger partial charge in [-0.3, -0.25) is 0 Å². The van der Waals surface area contributed by atoms with Crippen LogP contribution in [0.3, 0.4) is 0 Å². The zero-order chi connectivity index (χ0) is 17.6. The molecule has 1 saturated heterocycles. The Morgan fingerprint density at radius 3 is 2.80 bits per heavy atom. The lowest BCUT2D eigenvalue weighted by Gasteiger charge is -2.17. The predicted molar refractivity (Wildman–Crippen MR) is 95.6 cm³/mol. The Bertz CT molecular complexity index is 1040. The van der Waals surface area contributed by atoms with Gasteiger partial charge in [-0.1, -0.05) is 18.2 Å². The van der Waals surface area contributed by atoms with Crippen LogP contribution in [0, 0.1) is 12.7 Å². The average Bonchev–Trinajstić information content (AvgIpc) is 3.23. The van der Waals surface area contributed by atoms with Crippen LogP contribution < -0.4 is 0 Å². The minimum Gasteiger partial charge on any atom is -0.361 e. The van der Waals surface area contributed by atoms with E-state index < -0.39 is 15.8 Å².